The first-order chi connectivity index (χ1) is 14.2. The summed E-state index contributed by atoms with van der Waals surface area (Å²) in [6.07, 6.45) is 1.62. The zero-order chi connectivity index (χ0) is 25.4. The molecular weight excluding hydrogens is 428 g/mol. The topological polar surface area (TPSA) is 93.1 Å². The standard InChI is InChI=1S/C25H44O6S/c1-15(2)13-24(7,8)22(25(9,10)14-23(4,5)6)17-19(30-11)16(3)18(26)20(31-12)21(17)32(27,28)29/h15,22,26H,13-14H2,1-12H3,(H,27,28,29). The van der Waals surface area contributed by atoms with Crippen LogP contribution in [0.15, 0.2) is 4.90 Å². The number of aromatic hydroxyl groups is 1. The molecule has 1 aromatic rings. The Labute approximate surface area is 195 Å². The van der Waals surface area contributed by atoms with E-state index in [1.54, 1.807) is 6.92 Å². The summed E-state index contributed by atoms with van der Waals surface area (Å²) in [5.41, 5.74) is -0.0512. The lowest BCUT2D eigenvalue weighted by molar-refractivity contribution is 0.0750. The van der Waals surface area contributed by atoms with Crippen molar-refractivity contribution >= 4 is 10.1 Å². The van der Waals surface area contributed by atoms with Gasteiger partial charge in [-0.3, -0.25) is 4.55 Å². The van der Waals surface area contributed by atoms with Crippen LogP contribution in [0.4, 0.5) is 0 Å². The van der Waals surface area contributed by atoms with Crippen LogP contribution in [0.25, 0.3) is 0 Å². The average molecular weight is 473 g/mol. The molecule has 0 saturated heterocycles. The van der Waals surface area contributed by atoms with Crippen LogP contribution in [0, 0.1) is 29.1 Å². The van der Waals surface area contributed by atoms with E-state index in [4.69, 9.17) is 9.47 Å². The number of phenols is 1. The quantitative estimate of drug-likeness (QED) is 0.394. The molecule has 0 bridgehead atoms. The van der Waals surface area contributed by atoms with Gasteiger partial charge in [0.15, 0.2) is 11.5 Å². The maximum atomic E-state index is 12.7. The first kappa shape index (κ1) is 28.6. The van der Waals surface area contributed by atoms with Crippen LogP contribution in [-0.4, -0.2) is 32.3 Å². The number of benzene rings is 1. The van der Waals surface area contributed by atoms with E-state index in [1.807, 2.05) is 0 Å². The fraction of sp³-hybridized carbons (Fsp3) is 0.760. The molecule has 1 atom stereocenters. The van der Waals surface area contributed by atoms with Crippen molar-refractivity contribution in [2.24, 2.45) is 22.2 Å². The number of phenolic OH excluding ortho intramolecular Hbond substituents is 1. The van der Waals surface area contributed by atoms with E-state index in [-0.39, 0.29) is 34.0 Å². The molecule has 32 heavy (non-hydrogen) atoms. The summed E-state index contributed by atoms with van der Waals surface area (Å²) in [5, 5.41) is 10.7. The highest BCUT2D eigenvalue weighted by molar-refractivity contribution is 7.86. The number of hydrogen-bond donors (Lipinski definition) is 2. The van der Waals surface area contributed by atoms with Crippen molar-refractivity contribution in [2.45, 2.75) is 92.9 Å². The van der Waals surface area contributed by atoms with Gasteiger partial charge in [-0.25, -0.2) is 0 Å². The maximum absolute atomic E-state index is 12.7. The third-order valence-corrected chi connectivity index (χ3v) is 6.97. The van der Waals surface area contributed by atoms with Crippen LogP contribution < -0.4 is 9.47 Å². The summed E-state index contributed by atoms with van der Waals surface area (Å²) in [7, 11) is -2.01. The van der Waals surface area contributed by atoms with Crippen molar-refractivity contribution < 1.29 is 27.6 Å². The van der Waals surface area contributed by atoms with Crippen molar-refractivity contribution in [2.75, 3.05) is 14.2 Å². The van der Waals surface area contributed by atoms with Gasteiger partial charge in [0.05, 0.1) is 14.2 Å². The SMILES string of the molecule is COc1c(C)c(O)c(OC)c(S(=O)(=O)O)c1C(C(C)(C)CC(C)C)C(C)(C)CC(C)(C)C. The van der Waals surface area contributed by atoms with Crippen LogP contribution in [0.2, 0.25) is 0 Å². The van der Waals surface area contributed by atoms with Crippen LogP contribution in [0.1, 0.15) is 92.2 Å². The van der Waals surface area contributed by atoms with Gasteiger partial charge in [0.1, 0.15) is 10.6 Å². The molecular formula is C25H44O6S. The molecule has 1 aromatic carbocycles. The van der Waals surface area contributed by atoms with E-state index in [1.165, 1.54) is 14.2 Å². The molecule has 0 aliphatic heterocycles. The minimum Gasteiger partial charge on any atom is -0.504 e. The van der Waals surface area contributed by atoms with E-state index in [0.717, 1.165) is 12.8 Å². The molecule has 0 saturated carbocycles. The van der Waals surface area contributed by atoms with Crippen molar-refractivity contribution in [3.8, 4) is 17.2 Å². The van der Waals surface area contributed by atoms with Crippen LogP contribution in [0.5, 0.6) is 17.2 Å². The highest BCUT2D eigenvalue weighted by Crippen LogP contribution is 2.60. The van der Waals surface area contributed by atoms with E-state index in [2.05, 4.69) is 62.3 Å². The predicted molar refractivity (Wildman–Crippen MR) is 130 cm³/mol. The fourth-order valence-corrected chi connectivity index (χ4v) is 7.16. The highest BCUT2D eigenvalue weighted by atomic mass is 32.2. The van der Waals surface area contributed by atoms with E-state index < -0.39 is 20.4 Å². The largest absolute Gasteiger partial charge is 0.504 e. The van der Waals surface area contributed by atoms with Gasteiger partial charge in [0, 0.05) is 11.1 Å². The molecule has 186 valence electrons. The molecule has 1 rings (SSSR count). The van der Waals surface area contributed by atoms with Gasteiger partial charge in [0.2, 0.25) is 0 Å². The van der Waals surface area contributed by atoms with Gasteiger partial charge >= 0.3 is 0 Å². The lowest BCUT2D eigenvalue weighted by Crippen LogP contribution is -2.39. The summed E-state index contributed by atoms with van der Waals surface area (Å²) >= 11 is 0. The van der Waals surface area contributed by atoms with Crippen LogP contribution in [0.3, 0.4) is 0 Å². The fourth-order valence-electron chi connectivity index (χ4n) is 6.26. The lowest BCUT2D eigenvalue weighted by atomic mass is 9.56. The third kappa shape index (κ3) is 6.10. The van der Waals surface area contributed by atoms with E-state index >= 15 is 0 Å². The molecule has 1 unspecified atom stereocenters. The Morgan fingerprint density at radius 1 is 0.906 bits per heavy atom. The molecule has 6 nitrogen and oxygen atoms in total. The number of hydrogen-bond acceptors (Lipinski definition) is 5. The van der Waals surface area contributed by atoms with Crippen LogP contribution >= 0.6 is 0 Å². The van der Waals surface area contributed by atoms with Crippen LogP contribution in [-0.2, 0) is 10.1 Å². The zero-order valence-electron chi connectivity index (χ0n) is 22.0. The summed E-state index contributed by atoms with van der Waals surface area (Å²) in [4.78, 5) is -0.413. The summed E-state index contributed by atoms with van der Waals surface area (Å²) in [6, 6.07) is 0. The Hall–Kier alpha value is -1.47. The Morgan fingerprint density at radius 2 is 1.38 bits per heavy atom. The van der Waals surface area contributed by atoms with E-state index in [0.29, 0.717) is 17.0 Å². The minimum atomic E-state index is -4.75. The monoisotopic (exact) mass is 472 g/mol. The Kier molecular flexibility index (Phi) is 8.40. The molecule has 0 spiro atoms. The second kappa shape index (κ2) is 9.41. The van der Waals surface area contributed by atoms with Gasteiger partial charge in [-0.2, -0.15) is 8.42 Å². The van der Waals surface area contributed by atoms with Gasteiger partial charge in [0.25, 0.3) is 10.1 Å². The molecule has 7 heteroatoms. The third-order valence-electron chi connectivity index (χ3n) is 6.04. The molecule has 0 amide bonds. The Morgan fingerprint density at radius 3 is 1.72 bits per heavy atom. The number of ether oxygens (including phenoxy) is 2. The zero-order valence-corrected chi connectivity index (χ0v) is 22.8. The Bertz CT molecular complexity index is 921. The molecule has 0 aliphatic rings. The lowest BCUT2D eigenvalue weighted by Gasteiger charge is -2.49. The normalized spacial score (nSPS) is 14.6. The van der Waals surface area contributed by atoms with E-state index in [9.17, 15) is 18.1 Å². The predicted octanol–water partition coefficient (Wildman–Crippen LogP) is 6.58. The molecule has 0 aromatic heterocycles. The number of rotatable bonds is 9. The summed E-state index contributed by atoms with van der Waals surface area (Å²) < 4.78 is 46.9. The van der Waals surface area contributed by atoms with Gasteiger partial charge < -0.3 is 14.6 Å². The second-order valence-corrected chi connectivity index (χ2v) is 13.4. The molecule has 0 aliphatic carbocycles. The first-order valence-electron chi connectivity index (χ1n) is 11.2. The summed E-state index contributed by atoms with van der Waals surface area (Å²) in [6.45, 7) is 20.9. The molecule has 0 heterocycles. The molecule has 0 radical (unpaired) electrons. The Balaban J connectivity index is 4.30. The van der Waals surface area contributed by atoms with Gasteiger partial charge in [-0.1, -0.05) is 62.3 Å². The maximum Gasteiger partial charge on any atom is 0.298 e. The highest BCUT2D eigenvalue weighted by Gasteiger charge is 2.48. The smallest absolute Gasteiger partial charge is 0.298 e. The van der Waals surface area contributed by atoms with Crippen molar-refractivity contribution in [1.82, 2.24) is 0 Å². The minimum absolute atomic E-state index is 0.0306. The van der Waals surface area contributed by atoms with Gasteiger partial charge in [-0.05, 0) is 47.8 Å². The second-order valence-electron chi connectivity index (χ2n) is 12.0. The van der Waals surface area contributed by atoms with Crippen molar-refractivity contribution in [3.05, 3.63) is 11.1 Å². The van der Waals surface area contributed by atoms with Crippen molar-refractivity contribution in [3.63, 3.8) is 0 Å². The summed E-state index contributed by atoms with van der Waals surface area (Å²) in [5.74, 6) is -0.317. The average Bonchev–Trinajstić information content (AvgIpc) is 2.52. The van der Waals surface area contributed by atoms with Gasteiger partial charge in [-0.15, -0.1) is 0 Å². The first-order valence-corrected chi connectivity index (χ1v) is 12.6. The molecule has 2 N–H and O–H groups in total. The molecule has 0 fully saturated rings. The number of methoxy groups -OCH3 is 2. The van der Waals surface area contributed by atoms with Crippen molar-refractivity contribution in [1.29, 1.82) is 0 Å².